The molecule has 1 heterocycles. The molecule has 2 aliphatic rings. The van der Waals surface area contributed by atoms with Crippen LogP contribution in [0.2, 0.25) is 0 Å². The van der Waals surface area contributed by atoms with Crippen LogP contribution < -0.4 is 10.1 Å². The molecule has 0 spiro atoms. The lowest BCUT2D eigenvalue weighted by Crippen LogP contribution is -2.48. The van der Waals surface area contributed by atoms with E-state index < -0.39 is 17.7 Å². The molecule has 0 aromatic heterocycles. The van der Waals surface area contributed by atoms with Crippen LogP contribution in [0.25, 0.3) is 0 Å². The monoisotopic (exact) mass is 444 g/mol. The van der Waals surface area contributed by atoms with Crippen LogP contribution in [-0.4, -0.2) is 48.8 Å². The molecule has 32 heavy (non-hydrogen) atoms. The lowest BCUT2D eigenvalue weighted by atomic mass is 10.1. The molecule has 1 aliphatic carbocycles. The molecule has 2 aromatic carbocycles. The number of aryl methyl sites for hydroxylation is 1. The summed E-state index contributed by atoms with van der Waals surface area (Å²) in [6, 6.07) is 11.8. The van der Waals surface area contributed by atoms with E-state index in [1.54, 1.807) is 0 Å². The van der Waals surface area contributed by atoms with E-state index in [1.165, 1.54) is 11.6 Å². The molecule has 2 atom stereocenters. The van der Waals surface area contributed by atoms with Crippen LogP contribution in [0.4, 0.5) is 8.78 Å². The van der Waals surface area contributed by atoms with E-state index >= 15 is 0 Å². The molecule has 1 saturated carbocycles. The van der Waals surface area contributed by atoms with Gasteiger partial charge in [0.15, 0.2) is 17.7 Å². The third kappa shape index (κ3) is 6.50. The van der Waals surface area contributed by atoms with E-state index in [0.29, 0.717) is 19.6 Å². The molecular formula is C25H30F2N2O3. The van der Waals surface area contributed by atoms with E-state index in [0.717, 1.165) is 50.0 Å². The van der Waals surface area contributed by atoms with Gasteiger partial charge in [0.25, 0.3) is 5.91 Å². The number of halogens is 2. The van der Waals surface area contributed by atoms with Crippen molar-refractivity contribution in [1.82, 2.24) is 10.2 Å². The summed E-state index contributed by atoms with van der Waals surface area (Å²) in [5.74, 6) is -2.05. The SMILES string of the molecule is Cc1cccc(CN(CC2CCCO2)CC(Oc2ccc(F)c(F)c2)C(=O)NC2CC2)c1. The van der Waals surface area contributed by atoms with Crippen LogP contribution in [0, 0.1) is 18.6 Å². The minimum absolute atomic E-state index is 0.107. The Kier molecular flexibility index (Phi) is 7.37. The van der Waals surface area contributed by atoms with Gasteiger partial charge < -0.3 is 14.8 Å². The molecule has 2 aromatic rings. The molecule has 5 nitrogen and oxygen atoms in total. The topological polar surface area (TPSA) is 50.8 Å². The molecular weight excluding hydrogens is 414 g/mol. The summed E-state index contributed by atoms with van der Waals surface area (Å²) in [7, 11) is 0. The van der Waals surface area contributed by atoms with Gasteiger partial charge in [0.1, 0.15) is 5.75 Å². The number of nitrogens with zero attached hydrogens (tertiary/aromatic N) is 1. The number of carbonyl (C=O) groups excluding carboxylic acids is 1. The molecule has 0 radical (unpaired) electrons. The van der Waals surface area contributed by atoms with Gasteiger partial charge in [0, 0.05) is 38.3 Å². The van der Waals surface area contributed by atoms with E-state index in [9.17, 15) is 13.6 Å². The number of carbonyl (C=O) groups is 1. The molecule has 1 amide bonds. The summed E-state index contributed by atoms with van der Waals surface area (Å²) < 4.78 is 38.8. The number of amides is 1. The number of benzene rings is 2. The zero-order chi connectivity index (χ0) is 22.5. The Hall–Kier alpha value is -2.51. The number of hydrogen-bond acceptors (Lipinski definition) is 4. The van der Waals surface area contributed by atoms with Gasteiger partial charge >= 0.3 is 0 Å². The fraction of sp³-hybridized carbons (Fsp3) is 0.480. The summed E-state index contributed by atoms with van der Waals surface area (Å²) in [5, 5.41) is 2.98. The number of nitrogens with one attached hydrogen (secondary N) is 1. The highest BCUT2D eigenvalue weighted by Crippen LogP contribution is 2.22. The van der Waals surface area contributed by atoms with Crippen molar-refractivity contribution < 1.29 is 23.0 Å². The number of rotatable bonds is 10. The first-order chi connectivity index (χ1) is 15.5. The van der Waals surface area contributed by atoms with Gasteiger partial charge in [-0.3, -0.25) is 9.69 Å². The Labute approximate surface area is 187 Å². The van der Waals surface area contributed by atoms with Crippen molar-refractivity contribution in [2.24, 2.45) is 0 Å². The summed E-state index contributed by atoms with van der Waals surface area (Å²) >= 11 is 0. The molecule has 172 valence electrons. The minimum Gasteiger partial charge on any atom is -0.479 e. The second-order valence-electron chi connectivity index (χ2n) is 8.78. The fourth-order valence-corrected chi connectivity index (χ4v) is 3.99. The molecule has 0 bridgehead atoms. The van der Waals surface area contributed by atoms with Gasteiger partial charge in [-0.05, 0) is 50.3 Å². The van der Waals surface area contributed by atoms with Crippen LogP contribution in [0.1, 0.15) is 36.8 Å². The maximum Gasteiger partial charge on any atom is 0.262 e. The first-order valence-electron chi connectivity index (χ1n) is 11.3. The quantitative estimate of drug-likeness (QED) is 0.602. The Balaban J connectivity index is 1.52. The highest BCUT2D eigenvalue weighted by Gasteiger charge is 2.31. The molecule has 1 saturated heterocycles. The second kappa shape index (κ2) is 10.4. The van der Waals surface area contributed by atoms with Crippen molar-refractivity contribution in [1.29, 1.82) is 0 Å². The van der Waals surface area contributed by atoms with Crippen LogP contribution in [0.15, 0.2) is 42.5 Å². The number of ether oxygens (including phenoxy) is 2. The standard InChI is InChI=1S/C25H30F2N2O3/c1-17-4-2-5-18(12-17)14-29(15-21-6-3-11-31-21)16-24(25(30)28-19-7-8-19)32-20-9-10-22(26)23(27)13-20/h2,4-5,9-10,12-13,19,21,24H,3,6-8,11,14-16H2,1H3,(H,28,30). The summed E-state index contributed by atoms with van der Waals surface area (Å²) in [4.78, 5) is 15.1. The molecule has 1 N–H and O–H groups in total. The number of hydrogen-bond donors (Lipinski definition) is 1. The predicted molar refractivity (Wildman–Crippen MR) is 117 cm³/mol. The third-order valence-electron chi connectivity index (χ3n) is 5.78. The smallest absolute Gasteiger partial charge is 0.262 e. The first-order valence-corrected chi connectivity index (χ1v) is 11.3. The lowest BCUT2D eigenvalue weighted by Gasteiger charge is -2.29. The average Bonchev–Trinajstić information content (AvgIpc) is 3.42. The van der Waals surface area contributed by atoms with Crippen molar-refractivity contribution in [3.63, 3.8) is 0 Å². The van der Waals surface area contributed by atoms with Crippen molar-refractivity contribution in [3.05, 3.63) is 65.2 Å². The molecule has 1 aliphatic heterocycles. The molecule has 7 heteroatoms. The fourth-order valence-electron chi connectivity index (χ4n) is 3.99. The van der Waals surface area contributed by atoms with E-state index in [2.05, 4.69) is 22.3 Å². The van der Waals surface area contributed by atoms with E-state index in [1.807, 2.05) is 19.1 Å². The van der Waals surface area contributed by atoms with Crippen LogP contribution in [-0.2, 0) is 16.1 Å². The van der Waals surface area contributed by atoms with Crippen LogP contribution in [0.3, 0.4) is 0 Å². The maximum atomic E-state index is 13.7. The summed E-state index contributed by atoms with van der Waals surface area (Å²) in [6.45, 7) is 4.41. The van der Waals surface area contributed by atoms with Crippen molar-refractivity contribution in [2.45, 2.75) is 57.4 Å². The molecule has 4 rings (SSSR count). The van der Waals surface area contributed by atoms with Gasteiger partial charge in [-0.2, -0.15) is 0 Å². The van der Waals surface area contributed by atoms with Gasteiger partial charge in [-0.25, -0.2) is 8.78 Å². The van der Waals surface area contributed by atoms with Gasteiger partial charge in [-0.1, -0.05) is 29.8 Å². The van der Waals surface area contributed by atoms with Crippen molar-refractivity contribution >= 4 is 5.91 Å². The normalized spacial score (nSPS) is 19.2. The predicted octanol–water partition coefficient (Wildman–Crippen LogP) is 3.98. The van der Waals surface area contributed by atoms with E-state index in [4.69, 9.17) is 9.47 Å². The Bertz CT molecular complexity index is 929. The molecule has 2 unspecified atom stereocenters. The second-order valence-corrected chi connectivity index (χ2v) is 8.78. The van der Waals surface area contributed by atoms with Gasteiger partial charge in [-0.15, -0.1) is 0 Å². The molecule has 2 fully saturated rings. The highest BCUT2D eigenvalue weighted by molar-refractivity contribution is 5.82. The Morgan fingerprint density at radius 1 is 1.19 bits per heavy atom. The van der Waals surface area contributed by atoms with Gasteiger partial charge in [0.2, 0.25) is 0 Å². The average molecular weight is 445 g/mol. The Morgan fingerprint density at radius 2 is 2.03 bits per heavy atom. The maximum absolute atomic E-state index is 13.7. The Morgan fingerprint density at radius 3 is 2.72 bits per heavy atom. The zero-order valence-electron chi connectivity index (χ0n) is 18.4. The zero-order valence-corrected chi connectivity index (χ0v) is 18.4. The lowest BCUT2D eigenvalue weighted by molar-refractivity contribution is -0.129. The van der Waals surface area contributed by atoms with Gasteiger partial charge in [0.05, 0.1) is 6.10 Å². The van der Waals surface area contributed by atoms with Crippen molar-refractivity contribution in [2.75, 3.05) is 19.7 Å². The third-order valence-corrected chi connectivity index (χ3v) is 5.78. The van der Waals surface area contributed by atoms with Crippen molar-refractivity contribution in [3.8, 4) is 5.75 Å². The first kappa shape index (κ1) is 22.7. The van der Waals surface area contributed by atoms with E-state index in [-0.39, 0.29) is 23.8 Å². The largest absolute Gasteiger partial charge is 0.479 e. The minimum atomic E-state index is -1.00. The van der Waals surface area contributed by atoms with Crippen LogP contribution >= 0.6 is 0 Å². The summed E-state index contributed by atoms with van der Waals surface area (Å²) in [6.07, 6.45) is 3.16. The van der Waals surface area contributed by atoms with Crippen LogP contribution in [0.5, 0.6) is 5.75 Å². The summed E-state index contributed by atoms with van der Waals surface area (Å²) in [5.41, 5.74) is 2.30. The highest BCUT2D eigenvalue weighted by atomic mass is 19.2.